The first-order valence-electron chi connectivity index (χ1n) is 6.21. The Morgan fingerprint density at radius 2 is 2.25 bits per heavy atom. The number of carbonyl (C=O) groups is 1. The van der Waals surface area contributed by atoms with E-state index in [0.717, 1.165) is 13.0 Å². The van der Waals surface area contributed by atoms with Crippen molar-refractivity contribution in [3.05, 3.63) is 0 Å². The summed E-state index contributed by atoms with van der Waals surface area (Å²) in [5.41, 5.74) is 0. The number of rotatable bonds is 5. The molecule has 1 aliphatic heterocycles. The van der Waals surface area contributed by atoms with E-state index < -0.39 is 0 Å². The van der Waals surface area contributed by atoms with E-state index in [0.29, 0.717) is 18.3 Å². The molecule has 1 saturated heterocycles. The Morgan fingerprint density at radius 3 is 2.69 bits per heavy atom. The van der Waals surface area contributed by atoms with Crippen molar-refractivity contribution < 1.29 is 9.90 Å². The maximum absolute atomic E-state index is 12.0. The van der Waals surface area contributed by atoms with E-state index >= 15 is 0 Å². The van der Waals surface area contributed by atoms with Crippen LogP contribution in [-0.4, -0.2) is 36.2 Å². The molecule has 1 rings (SSSR count). The van der Waals surface area contributed by atoms with Gasteiger partial charge < -0.3 is 15.7 Å². The Labute approximate surface area is 97.8 Å². The van der Waals surface area contributed by atoms with Crippen molar-refractivity contribution >= 4 is 5.91 Å². The van der Waals surface area contributed by atoms with Crippen molar-refractivity contribution in [3.8, 4) is 0 Å². The number of hydrogen-bond acceptors (Lipinski definition) is 3. The molecule has 4 nitrogen and oxygen atoms in total. The van der Waals surface area contributed by atoms with E-state index in [2.05, 4.69) is 31.4 Å². The van der Waals surface area contributed by atoms with Crippen LogP contribution >= 0.6 is 0 Å². The molecule has 0 aromatic rings. The predicted octanol–water partition coefficient (Wildman–Crippen LogP) is 0.508. The molecule has 4 heteroatoms. The van der Waals surface area contributed by atoms with Gasteiger partial charge in [-0.3, -0.25) is 4.79 Å². The predicted molar refractivity (Wildman–Crippen MR) is 64.0 cm³/mol. The van der Waals surface area contributed by atoms with Gasteiger partial charge in [0.05, 0.1) is 6.04 Å². The molecule has 1 amide bonds. The van der Waals surface area contributed by atoms with Crippen LogP contribution in [0.5, 0.6) is 0 Å². The van der Waals surface area contributed by atoms with Gasteiger partial charge >= 0.3 is 0 Å². The van der Waals surface area contributed by atoms with Gasteiger partial charge in [-0.15, -0.1) is 0 Å². The molecule has 3 atom stereocenters. The van der Waals surface area contributed by atoms with Crippen LogP contribution in [0.1, 0.15) is 33.6 Å². The summed E-state index contributed by atoms with van der Waals surface area (Å²) in [6, 6.07) is 0.0204. The molecule has 3 unspecified atom stereocenters. The highest BCUT2D eigenvalue weighted by Crippen LogP contribution is 2.15. The molecule has 0 aromatic heterocycles. The molecule has 0 spiro atoms. The molecule has 0 aromatic carbocycles. The fourth-order valence-corrected chi connectivity index (χ4v) is 2.17. The molecule has 1 aliphatic rings. The monoisotopic (exact) mass is 228 g/mol. The number of aliphatic hydroxyl groups excluding tert-OH is 1. The Hall–Kier alpha value is -0.610. The highest BCUT2D eigenvalue weighted by Gasteiger charge is 2.30. The summed E-state index contributed by atoms with van der Waals surface area (Å²) in [5.74, 6) is 0.840. The molecular weight excluding hydrogens is 204 g/mol. The highest BCUT2D eigenvalue weighted by molar-refractivity contribution is 5.82. The van der Waals surface area contributed by atoms with Crippen LogP contribution in [0.15, 0.2) is 0 Å². The lowest BCUT2D eigenvalue weighted by atomic mass is 9.98. The molecule has 0 aliphatic carbocycles. The van der Waals surface area contributed by atoms with Gasteiger partial charge in [0.15, 0.2) is 0 Å². The second kappa shape index (κ2) is 6.21. The van der Waals surface area contributed by atoms with Gasteiger partial charge in [-0.2, -0.15) is 0 Å². The summed E-state index contributed by atoms with van der Waals surface area (Å²) in [6.07, 6.45) is 1.69. The summed E-state index contributed by atoms with van der Waals surface area (Å²) in [7, 11) is 0. The molecule has 1 fully saturated rings. The largest absolute Gasteiger partial charge is 0.396 e. The molecule has 0 radical (unpaired) electrons. The number of hydrogen-bond donors (Lipinski definition) is 3. The molecule has 0 saturated carbocycles. The summed E-state index contributed by atoms with van der Waals surface area (Å²) in [5, 5.41) is 15.2. The first-order chi connectivity index (χ1) is 7.56. The molecule has 16 heavy (non-hydrogen) atoms. The van der Waals surface area contributed by atoms with Crippen LogP contribution in [0.3, 0.4) is 0 Å². The van der Waals surface area contributed by atoms with Crippen molar-refractivity contribution in [1.82, 2.24) is 10.6 Å². The minimum Gasteiger partial charge on any atom is -0.396 e. The standard InChI is InChI=1S/C12H24N2O2/c1-8(2)10(5-7-15)14-12(16)11-9(3)4-6-13-11/h8-11,13,15H,4-7H2,1-3H3,(H,14,16). The number of amides is 1. The molecule has 0 bridgehead atoms. The minimum absolute atomic E-state index is 0.0556. The first kappa shape index (κ1) is 13.5. The van der Waals surface area contributed by atoms with Crippen LogP contribution in [0.25, 0.3) is 0 Å². The minimum atomic E-state index is -0.0556. The van der Waals surface area contributed by atoms with E-state index in [9.17, 15) is 4.79 Å². The molecule has 1 heterocycles. The van der Waals surface area contributed by atoms with Gasteiger partial charge in [0, 0.05) is 12.6 Å². The van der Waals surface area contributed by atoms with Crippen LogP contribution in [-0.2, 0) is 4.79 Å². The maximum Gasteiger partial charge on any atom is 0.237 e. The Balaban J connectivity index is 2.47. The van der Waals surface area contributed by atoms with Crippen molar-refractivity contribution in [2.75, 3.05) is 13.2 Å². The number of carbonyl (C=O) groups excluding carboxylic acids is 1. The Kier molecular flexibility index (Phi) is 5.22. The summed E-state index contributed by atoms with van der Waals surface area (Å²) < 4.78 is 0. The molecule has 3 N–H and O–H groups in total. The van der Waals surface area contributed by atoms with Gasteiger partial charge in [0.2, 0.25) is 5.91 Å². The third-order valence-electron chi connectivity index (χ3n) is 3.39. The second-order valence-electron chi connectivity index (χ2n) is 5.07. The van der Waals surface area contributed by atoms with Gasteiger partial charge in [0.1, 0.15) is 0 Å². The van der Waals surface area contributed by atoms with Crippen LogP contribution < -0.4 is 10.6 Å². The average molecular weight is 228 g/mol. The van der Waals surface area contributed by atoms with Gasteiger partial charge in [-0.1, -0.05) is 20.8 Å². The highest BCUT2D eigenvalue weighted by atomic mass is 16.3. The zero-order valence-electron chi connectivity index (χ0n) is 10.5. The summed E-state index contributed by atoms with van der Waals surface area (Å²) in [6.45, 7) is 7.27. The Bertz CT molecular complexity index is 231. The molecular formula is C12H24N2O2. The number of aliphatic hydroxyl groups is 1. The third-order valence-corrected chi connectivity index (χ3v) is 3.39. The van der Waals surface area contributed by atoms with E-state index in [4.69, 9.17) is 5.11 Å². The smallest absolute Gasteiger partial charge is 0.237 e. The summed E-state index contributed by atoms with van der Waals surface area (Å²) in [4.78, 5) is 12.0. The van der Waals surface area contributed by atoms with E-state index in [1.807, 2.05) is 0 Å². The lowest BCUT2D eigenvalue weighted by Crippen LogP contribution is -2.49. The van der Waals surface area contributed by atoms with E-state index in [1.165, 1.54) is 0 Å². The SMILES string of the molecule is CC(C)C(CCO)NC(=O)C1NCCC1C. The van der Waals surface area contributed by atoms with Crippen molar-refractivity contribution in [3.63, 3.8) is 0 Å². The topological polar surface area (TPSA) is 61.4 Å². The number of nitrogens with one attached hydrogen (secondary N) is 2. The van der Waals surface area contributed by atoms with Gasteiger partial charge in [-0.05, 0) is 31.2 Å². The second-order valence-corrected chi connectivity index (χ2v) is 5.07. The van der Waals surface area contributed by atoms with Crippen LogP contribution in [0.4, 0.5) is 0 Å². The third kappa shape index (κ3) is 3.46. The zero-order chi connectivity index (χ0) is 12.1. The van der Waals surface area contributed by atoms with Crippen LogP contribution in [0, 0.1) is 11.8 Å². The lowest BCUT2D eigenvalue weighted by Gasteiger charge is -2.24. The van der Waals surface area contributed by atoms with E-state index in [-0.39, 0.29) is 24.6 Å². The van der Waals surface area contributed by atoms with Crippen LogP contribution in [0.2, 0.25) is 0 Å². The van der Waals surface area contributed by atoms with Gasteiger partial charge in [0.25, 0.3) is 0 Å². The first-order valence-corrected chi connectivity index (χ1v) is 6.21. The lowest BCUT2D eigenvalue weighted by molar-refractivity contribution is -0.124. The summed E-state index contributed by atoms with van der Waals surface area (Å²) >= 11 is 0. The van der Waals surface area contributed by atoms with Crippen molar-refractivity contribution in [1.29, 1.82) is 0 Å². The quantitative estimate of drug-likeness (QED) is 0.642. The van der Waals surface area contributed by atoms with Crippen molar-refractivity contribution in [2.45, 2.75) is 45.7 Å². The van der Waals surface area contributed by atoms with Gasteiger partial charge in [-0.25, -0.2) is 0 Å². The zero-order valence-corrected chi connectivity index (χ0v) is 10.5. The fourth-order valence-electron chi connectivity index (χ4n) is 2.17. The van der Waals surface area contributed by atoms with Crippen molar-refractivity contribution in [2.24, 2.45) is 11.8 Å². The fraction of sp³-hybridized carbons (Fsp3) is 0.917. The normalized spacial score (nSPS) is 27.1. The average Bonchev–Trinajstić information content (AvgIpc) is 2.63. The van der Waals surface area contributed by atoms with E-state index in [1.54, 1.807) is 0 Å². The maximum atomic E-state index is 12.0. The molecule has 94 valence electrons. The Morgan fingerprint density at radius 1 is 1.56 bits per heavy atom.